The van der Waals surface area contributed by atoms with E-state index >= 15 is 0 Å². The average molecular weight is 471 g/mol. The predicted octanol–water partition coefficient (Wildman–Crippen LogP) is 3.61. The summed E-state index contributed by atoms with van der Waals surface area (Å²) < 4.78 is 8.12. The maximum absolute atomic E-state index is 6.17. The molecule has 156 valence electrons. The van der Waals surface area contributed by atoms with Crippen LogP contribution in [0, 0.1) is 0 Å². The number of rotatable bonds is 6. The highest BCUT2D eigenvalue weighted by molar-refractivity contribution is 9.10. The molecule has 2 atom stereocenters. The molecule has 9 nitrogen and oxygen atoms in total. The van der Waals surface area contributed by atoms with E-state index in [1.54, 1.807) is 10.8 Å². The van der Waals surface area contributed by atoms with Gasteiger partial charge >= 0.3 is 0 Å². The van der Waals surface area contributed by atoms with Crippen LogP contribution in [0.15, 0.2) is 39.7 Å². The van der Waals surface area contributed by atoms with Crippen molar-refractivity contribution in [2.75, 3.05) is 12.3 Å². The number of aryl methyl sites for hydroxylation is 1. The molecule has 0 radical (unpaired) electrons. The predicted molar refractivity (Wildman–Crippen MR) is 116 cm³/mol. The molecule has 4 aromatic rings. The molecule has 1 aliphatic heterocycles. The lowest BCUT2D eigenvalue weighted by molar-refractivity contribution is 0.180. The molecule has 30 heavy (non-hydrogen) atoms. The Labute approximate surface area is 181 Å². The highest BCUT2D eigenvalue weighted by atomic mass is 79.9. The smallest absolute Gasteiger partial charge is 0.218 e. The zero-order valence-corrected chi connectivity index (χ0v) is 18.2. The van der Waals surface area contributed by atoms with Crippen LogP contribution in [0.5, 0.6) is 0 Å². The first-order valence-electron chi connectivity index (χ1n) is 10.1. The Morgan fingerprint density at radius 1 is 1.40 bits per heavy atom. The summed E-state index contributed by atoms with van der Waals surface area (Å²) in [4.78, 5) is 11.6. The number of anilines is 1. The number of aromatic amines is 1. The number of hydrogen-bond acceptors (Lipinski definition) is 7. The third kappa shape index (κ3) is 3.50. The number of nitrogen functional groups attached to an aromatic ring is 1. The SMILES string of the molecule is C[C@H](c1[nH]ncc1Br)N1CCCC1CCc1cn2nc(-c3ccco3)nc2c(N)n1. The molecular weight excluding hydrogens is 448 g/mol. The number of fused-ring (bicyclic) bond motifs is 1. The van der Waals surface area contributed by atoms with Gasteiger partial charge in [0.1, 0.15) is 0 Å². The average Bonchev–Trinajstić information content (AvgIpc) is 3.51. The van der Waals surface area contributed by atoms with E-state index in [1.165, 1.54) is 12.8 Å². The second-order valence-corrected chi connectivity index (χ2v) is 8.53. The van der Waals surface area contributed by atoms with E-state index < -0.39 is 0 Å². The first-order chi connectivity index (χ1) is 14.6. The molecule has 10 heteroatoms. The number of hydrogen-bond donors (Lipinski definition) is 2. The second kappa shape index (κ2) is 7.84. The topological polar surface area (TPSA) is 114 Å². The van der Waals surface area contributed by atoms with Gasteiger partial charge in [-0.2, -0.15) is 5.10 Å². The van der Waals surface area contributed by atoms with E-state index in [4.69, 9.17) is 10.2 Å². The summed E-state index contributed by atoms with van der Waals surface area (Å²) in [6.07, 6.45) is 9.55. The molecule has 0 bridgehead atoms. The minimum Gasteiger partial charge on any atom is -0.461 e. The van der Waals surface area contributed by atoms with Crippen LogP contribution in [0.3, 0.4) is 0 Å². The number of furan rings is 1. The van der Waals surface area contributed by atoms with Gasteiger partial charge in [0, 0.05) is 6.04 Å². The number of nitrogens with one attached hydrogen (secondary N) is 1. The van der Waals surface area contributed by atoms with E-state index in [0.29, 0.717) is 29.1 Å². The van der Waals surface area contributed by atoms with Crippen molar-refractivity contribution in [3.63, 3.8) is 0 Å². The Morgan fingerprint density at radius 3 is 3.07 bits per heavy atom. The number of H-pyrrole nitrogens is 1. The maximum atomic E-state index is 6.17. The van der Waals surface area contributed by atoms with Gasteiger partial charge in [0.15, 0.2) is 17.2 Å². The molecule has 0 aliphatic carbocycles. The van der Waals surface area contributed by atoms with Gasteiger partial charge in [-0.25, -0.2) is 14.5 Å². The zero-order valence-electron chi connectivity index (χ0n) is 16.6. The molecule has 1 unspecified atom stereocenters. The molecule has 0 saturated carbocycles. The van der Waals surface area contributed by atoms with Crippen LogP contribution >= 0.6 is 15.9 Å². The summed E-state index contributed by atoms with van der Waals surface area (Å²) in [5, 5.41) is 11.8. The third-order valence-corrected chi connectivity index (χ3v) is 6.46. The van der Waals surface area contributed by atoms with Gasteiger partial charge in [0.2, 0.25) is 5.82 Å². The molecule has 0 aromatic carbocycles. The molecule has 0 amide bonds. The minimum atomic E-state index is 0.279. The number of likely N-dealkylation sites (tertiary alicyclic amines) is 1. The van der Waals surface area contributed by atoms with Crippen LogP contribution < -0.4 is 5.73 Å². The lowest BCUT2D eigenvalue weighted by Gasteiger charge is -2.30. The van der Waals surface area contributed by atoms with Crippen LogP contribution in [0.4, 0.5) is 5.82 Å². The summed E-state index contributed by atoms with van der Waals surface area (Å²) in [7, 11) is 0. The van der Waals surface area contributed by atoms with Crippen molar-refractivity contribution >= 4 is 27.4 Å². The van der Waals surface area contributed by atoms with E-state index in [9.17, 15) is 0 Å². The minimum absolute atomic E-state index is 0.279. The van der Waals surface area contributed by atoms with Crippen molar-refractivity contribution in [2.24, 2.45) is 0 Å². The Balaban J connectivity index is 1.32. The summed E-state index contributed by atoms with van der Waals surface area (Å²) in [5.74, 6) is 1.50. The first kappa shape index (κ1) is 19.3. The molecule has 1 saturated heterocycles. The standard InChI is InChI=1S/C20H23BrN8O/c1-12(17-15(21)10-23-26-17)28-8-2-4-14(28)7-6-13-11-29-20(18(22)24-13)25-19(27-29)16-5-3-9-30-16/h3,5,9-12,14H,2,4,6-8H2,1H3,(H2,22,24)(H,23,26)/t12-,14?/m1/s1. The van der Waals surface area contributed by atoms with E-state index in [-0.39, 0.29) is 6.04 Å². The summed E-state index contributed by atoms with van der Waals surface area (Å²) in [6, 6.07) is 4.40. The number of nitrogens with zero attached hydrogens (tertiary/aromatic N) is 6. The zero-order chi connectivity index (χ0) is 20.7. The summed E-state index contributed by atoms with van der Waals surface area (Å²) >= 11 is 3.59. The van der Waals surface area contributed by atoms with Gasteiger partial charge in [-0.1, -0.05) is 0 Å². The van der Waals surface area contributed by atoms with Crippen molar-refractivity contribution in [3.05, 3.63) is 46.7 Å². The fourth-order valence-corrected chi connectivity index (χ4v) is 4.85. The van der Waals surface area contributed by atoms with E-state index in [2.05, 4.69) is 53.0 Å². The van der Waals surface area contributed by atoms with Crippen LogP contribution in [0.1, 0.15) is 43.6 Å². The van der Waals surface area contributed by atoms with Gasteiger partial charge in [0.25, 0.3) is 0 Å². The summed E-state index contributed by atoms with van der Waals surface area (Å²) in [6.45, 7) is 3.31. The lowest BCUT2D eigenvalue weighted by atomic mass is 10.1. The van der Waals surface area contributed by atoms with Crippen LogP contribution in [-0.2, 0) is 6.42 Å². The Morgan fingerprint density at radius 2 is 2.30 bits per heavy atom. The van der Waals surface area contributed by atoms with Crippen LogP contribution in [-0.4, -0.2) is 47.3 Å². The number of halogens is 1. The lowest BCUT2D eigenvalue weighted by Crippen LogP contribution is -2.33. The molecule has 0 spiro atoms. The van der Waals surface area contributed by atoms with Gasteiger partial charge in [-0.3, -0.25) is 10.00 Å². The van der Waals surface area contributed by atoms with E-state index in [1.807, 2.05) is 24.5 Å². The highest BCUT2D eigenvalue weighted by Crippen LogP contribution is 2.33. The Kier molecular flexibility index (Phi) is 5.03. The normalized spacial score (nSPS) is 18.4. The maximum Gasteiger partial charge on any atom is 0.218 e. The fourth-order valence-electron chi connectivity index (χ4n) is 4.33. The summed E-state index contributed by atoms with van der Waals surface area (Å²) in [5.41, 5.74) is 8.76. The molecule has 5 rings (SSSR count). The second-order valence-electron chi connectivity index (χ2n) is 7.68. The van der Waals surface area contributed by atoms with Crippen molar-refractivity contribution in [1.82, 2.24) is 34.7 Å². The molecular formula is C20H23BrN8O. The fraction of sp³-hybridized carbons (Fsp3) is 0.400. The van der Waals surface area contributed by atoms with Crippen molar-refractivity contribution in [2.45, 2.75) is 44.7 Å². The van der Waals surface area contributed by atoms with Gasteiger partial charge in [0.05, 0.1) is 40.6 Å². The van der Waals surface area contributed by atoms with Crippen molar-refractivity contribution in [3.8, 4) is 11.6 Å². The number of nitrogens with two attached hydrogens (primary N) is 1. The molecule has 1 aliphatic rings. The molecule has 1 fully saturated rings. The Bertz CT molecular complexity index is 1150. The van der Waals surface area contributed by atoms with Gasteiger partial charge < -0.3 is 10.2 Å². The van der Waals surface area contributed by atoms with Crippen molar-refractivity contribution < 1.29 is 4.42 Å². The first-order valence-corrected chi connectivity index (χ1v) is 10.9. The van der Waals surface area contributed by atoms with Gasteiger partial charge in [-0.15, -0.1) is 5.10 Å². The molecule has 5 heterocycles. The van der Waals surface area contributed by atoms with Crippen molar-refractivity contribution in [1.29, 1.82) is 0 Å². The van der Waals surface area contributed by atoms with Crippen LogP contribution in [0.2, 0.25) is 0 Å². The van der Waals surface area contributed by atoms with Gasteiger partial charge in [-0.05, 0) is 67.2 Å². The Hall–Kier alpha value is -2.72. The number of aromatic nitrogens is 6. The third-order valence-electron chi connectivity index (χ3n) is 5.83. The molecule has 4 aromatic heterocycles. The highest BCUT2D eigenvalue weighted by Gasteiger charge is 2.30. The largest absolute Gasteiger partial charge is 0.461 e. The van der Waals surface area contributed by atoms with Crippen LogP contribution in [0.25, 0.3) is 17.2 Å². The van der Waals surface area contributed by atoms with E-state index in [0.717, 1.165) is 35.2 Å². The quantitative estimate of drug-likeness (QED) is 0.442. The molecule has 3 N–H and O–H groups in total. The monoisotopic (exact) mass is 470 g/mol.